The van der Waals surface area contributed by atoms with E-state index in [0.717, 1.165) is 5.69 Å². The monoisotopic (exact) mass is 397 g/mol. The summed E-state index contributed by atoms with van der Waals surface area (Å²) in [6.07, 6.45) is 1.08. The number of carbonyl (C=O) groups excluding carboxylic acids is 2. The van der Waals surface area contributed by atoms with Crippen LogP contribution < -0.4 is 10.2 Å². The van der Waals surface area contributed by atoms with Crippen molar-refractivity contribution >= 4 is 17.5 Å². The summed E-state index contributed by atoms with van der Waals surface area (Å²) in [5.74, 6) is -0.819. The summed E-state index contributed by atoms with van der Waals surface area (Å²) in [6, 6.07) is 10.9. The molecular formula is C22H24FN3O3. The lowest BCUT2D eigenvalue weighted by Crippen LogP contribution is -2.50. The Hall–Kier alpha value is -2.80. The van der Waals surface area contributed by atoms with Crippen molar-refractivity contribution < 1.29 is 19.1 Å². The molecule has 7 heteroatoms. The van der Waals surface area contributed by atoms with Crippen LogP contribution in [0.1, 0.15) is 41.9 Å². The van der Waals surface area contributed by atoms with E-state index in [1.165, 1.54) is 12.1 Å². The number of hydrogen-bond donors (Lipinski definition) is 2. The lowest BCUT2D eigenvalue weighted by Gasteiger charge is -2.39. The van der Waals surface area contributed by atoms with Crippen LogP contribution >= 0.6 is 0 Å². The van der Waals surface area contributed by atoms with E-state index in [1.807, 2.05) is 13.0 Å². The van der Waals surface area contributed by atoms with Crippen LogP contribution in [0.2, 0.25) is 0 Å². The summed E-state index contributed by atoms with van der Waals surface area (Å²) in [7, 11) is 0. The van der Waals surface area contributed by atoms with Crippen molar-refractivity contribution in [3.8, 4) is 0 Å². The fourth-order valence-electron chi connectivity index (χ4n) is 4.63. The lowest BCUT2D eigenvalue weighted by atomic mass is 9.69. The number of amides is 2. The van der Waals surface area contributed by atoms with Gasteiger partial charge in [0.25, 0.3) is 5.91 Å². The SMILES string of the molecule is Cc1cccc(C(=O)N[C@@H]2CC(O)C[C@]3(CCN(c4cccc(F)c4)C3=O)C2)n1. The maximum Gasteiger partial charge on any atom is 0.270 e. The summed E-state index contributed by atoms with van der Waals surface area (Å²) in [4.78, 5) is 31.7. The van der Waals surface area contributed by atoms with Gasteiger partial charge in [0.2, 0.25) is 5.91 Å². The van der Waals surface area contributed by atoms with Crippen molar-refractivity contribution in [1.29, 1.82) is 0 Å². The van der Waals surface area contributed by atoms with Crippen molar-refractivity contribution in [3.63, 3.8) is 0 Å². The molecule has 152 valence electrons. The predicted octanol–water partition coefficient (Wildman–Crippen LogP) is 2.60. The van der Waals surface area contributed by atoms with E-state index in [9.17, 15) is 19.1 Å². The number of pyridine rings is 1. The van der Waals surface area contributed by atoms with Crippen LogP contribution in [0, 0.1) is 18.2 Å². The standard InChI is InChI=1S/C22H24FN3O3/c1-14-4-2-7-19(24-14)20(28)25-16-11-18(27)13-22(12-16)8-9-26(21(22)29)17-6-3-5-15(23)10-17/h2-7,10,16,18,27H,8-9,11-13H2,1H3,(H,25,28)/t16-,18?,22+/m1/s1. The second-order valence-electron chi connectivity index (χ2n) is 8.10. The molecule has 6 nitrogen and oxygen atoms in total. The highest BCUT2D eigenvalue weighted by atomic mass is 19.1. The number of nitrogens with zero attached hydrogens (tertiary/aromatic N) is 2. The molecule has 1 spiro atoms. The molecule has 1 aromatic heterocycles. The van der Waals surface area contributed by atoms with Gasteiger partial charge in [-0.3, -0.25) is 9.59 Å². The number of aromatic nitrogens is 1. The van der Waals surface area contributed by atoms with Crippen molar-refractivity contribution in [2.24, 2.45) is 5.41 Å². The highest BCUT2D eigenvalue weighted by Crippen LogP contribution is 2.46. The molecule has 0 radical (unpaired) electrons. The van der Waals surface area contributed by atoms with E-state index in [2.05, 4.69) is 10.3 Å². The molecule has 2 heterocycles. The Morgan fingerprint density at radius 1 is 1.28 bits per heavy atom. The van der Waals surface area contributed by atoms with E-state index in [0.29, 0.717) is 43.6 Å². The molecule has 4 rings (SSSR count). The van der Waals surface area contributed by atoms with Gasteiger partial charge in [-0.05, 0) is 62.9 Å². The second kappa shape index (κ2) is 7.55. The highest BCUT2D eigenvalue weighted by Gasteiger charge is 2.52. The first kappa shape index (κ1) is 19.5. The third-order valence-corrected chi connectivity index (χ3v) is 5.91. The van der Waals surface area contributed by atoms with Gasteiger partial charge in [-0.2, -0.15) is 0 Å². The number of aliphatic hydroxyl groups excluding tert-OH is 1. The van der Waals surface area contributed by atoms with E-state index >= 15 is 0 Å². The van der Waals surface area contributed by atoms with Gasteiger partial charge in [-0.15, -0.1) is 0 Å². The highest BCUT2D eigenvalue weighted by molar-refractivity contribution is 6.00. The fraction of sp³-hybridized carbons (Fsp3) is 0.409. The molecule has 2 amide bonds. The molecule has 3 atom stereocenters. The van der Waals surface area contributed by atoms with Gasteiger partial charge < -0.3 is 15.3 Å². The summed E-state index contributed by atoms with van der Waals surface area (Å²) >= 11 is 0. The van der Waals surface area contributed by atoms with Gasteiger partial charge in [-0.25, -0.2) is 9.37 Å². The number of carbonyl (C=O) groups is 2. The lowest BCUT2D eigenvalue weighted by molar-refractivity contribution is -0.130. The zero-order valence-electron chi connectivity index (χ0n) is 16.3. The molecule has 1 saturated heterocycles. The Morgan fingerprint density at radius 3 is 2.83 bits per heavy atom. The first-order valence-electron chi connectivity index (χ1n) is 9.86. The normalized spacial score (nSPS) is 26.7. The minimum Gasteiger partial charge on any atom is -0.393 e. The quantitative estimate of drug-likeness (QED) is 0.834. The maximum absolute atomic E-state index is 13.6. The number of hydrogen-bond acceptors (Lipinski definition) is 4. The molecule has 1 aromatic carbocycles. The van der Waals surface area contributed by atoms with Gasteiger partial charge in [0, 0.05) is 24.0 Å². The number of rotatable bonds is 3. The molecule has 2 fully saturated rings. The first-order chi connectivity index (χ1) is 13.9. The molecule has 1 aliphatic heterocycles. The number of nitrogens with one attached hydrogen (secondary N) is 1. The van der Waals surface area contributed by atoms with Crippen LogP contribution in [-0.4, -0.2) is 40.6 Å². The van der Waals surface area contributed by atoms with Crippen molar-refractivity contribution in [1.82, 2.24) is 10.3 Å². The minimum atomic E-state index is -0.748. The van der Waals surface area contributed by atoms with Crippen LogP contribution in [-0.2, 0) is 4.79 Å². The van der Waals surface area contributed by atoms with E-state index in [1.54, 1.807) is 29.2 Å². The van der Waals surface area contributed by atoms with Gasteiger partial charge in [0.15, 0.2) is 0 Å². The Bertz CT molecular complexity index is 950. The van der Waals surface area contributed by atoms with Crippen molar-refractivity contribution in [2.75, 3.05) is 11.4 Å². The van der Waals surface area contributed by atoms with Gasteiger partial charge in [-0.1, -0.05) is 12.1 Å². The summed E-state index contributed by atoms with van der Waals surface area (Å²) < 4.78 is 13.6. The summed E-state index contributed by atoms with van der Waals surface area (Å²) in [5.41, 5.74) is 0.839. The van der Waals surface area contributed by atoms with Gasteiger partial charge in [0.1, 0.15) is 11.5 Å². The minimum absolute atomic E-state index is 0.116. The number of anilines is 1. The van der Waals surface area contributed by atoms with Crippen LogP contribution in [0.5, 0.6) is 0 Å². The Labute approximate surface area is 168 Å². The fourth-order valence-corrected chi connectivity index (χ4v) is 4.63. The summed E-state index contributed by atoms with van der Waals surface area (Å²) in [5, 5.41) is 13.4. The molecule has 2 N–H and O–H groups in total. The van der Waals surface area contributed by atoms with Crippen LogP contribution in [0.4, 0.5) is 10.1 Å². The third kappa shape index (κ3) is 3.87. The zero-order chi connectivity index (χ0) is 20.6. The Morgan fingerprint density at radius 2 is 2.07 bits per heavy atom. The second-order valence-corrected chi connectivity index (χ2v) is 8.10. The number of halogens is 1. The Kier molecular flexibility index (Phi) is 5.08. The topological polar surface area (TPSA) is 82.5 Å². The molecule has 1 aliphatic carbocycles. The van der Waals surface area contributed by atoms with E-state index < -0.39 is 17.3 Å². The third-order valence-electron chi connectivity index (χ3n) is 5.91. The van der Waals surface area contributed by atoms with E-state index in [4.69, 9.17) is 0 Å². The average Bonchev–Trinajstić information content (AvgIpc) is 2.96. The molecular weight excluding hydrogens is 373 g/mol. The predicted molar refractivity (Wildman–Crippen MR) is 106 cm³/mol. The molecule has 29 heavy (non-hydrogen) atoms. The van der Waals surface area contributed by atoms with Crippen molar-refractivity contribution in [2.45, 2.75) is 44.8 Å². The molecule has 0 bridgehead atoms. The molecule has 2 aromatic rings. The van der Waals surface area contributed by atoms with Crippen LogP contribution in [0.15, 0.2) is 42.5 Å². The van der Waals surface area contributed by atoms with Gasteiger partial charge >= 0.3 is 0 Å². The smallest absolute Gasteiger partial charge is 0.270 e. The van der Waals surface area contributed by atoms with E-state index in [-0.39, 0.29) is 17.9 Å². The number of aryl methyl sites for hydroxylation is 1. The van der Waals surface area contributed by atoms with Crippen LogP contribution in [0.3, 0.4) is 0 Å². The maximum atomic E-state index is 13.6. The van der Waals surface area contributed by atoms with Crippen LogP contribution in [0.25, 0.3) is 0 Å². The largest absolute Gasteiger partial charge is 0.393 e. The first-order valence-corrected chi connectivity index (χ1v) is 9.86. The molecule has 1 unspecified atom stereocenters. The van der Waals surface area contributed by atoms with Crippen molar-refractivity contribution in [3.05, 3.63) is 59.7 Å². The number of aliphatic hydroxyl groups is 1. The average molecular weight is 397 g/mol. The molecule has 1 saturated carbocycles. The molecule has 2 aliphatic rings. The number of benzene rings is 1. The van der Waals surface area contributed by atoms with Gasteiger partial charge in [0.05, 0.1) is 11.5 Å². The summed E-state index contributed by atoms with van der Waals surface area (Å²) in [6.45, 7) is 2.28. The zero-order valence-corrected chi connectivity index (χ0v) is 16.3. The Balaban J connectivity index is 1.51.